The van der Waals surface area contributed by atoms with Gasteiger partial charge in [-0.15, -0.1) is 49.6 Å². The van der Waals surface area contributed by atoms with E-state index in [4.69, 9.17) is 0 Å². The molecule has 4 aromatic heterocycles. The molecular weight excluding hydrogens is 794 g/mol. The molecule has 0 saturated carbocycles. The monoisotopic (exact) mass is 831 g/mol. The summed E-state index contributed by atoms with van der Waals surface area (Å²) in [5.41, 5.74) is 8.05. The van der Waals surface area contributed by atoms with Crippen molar-refractivity contribution in [2.24, 2.45) is 0 Å². The Balaban J connectivity index is 0.000000280. The Hall–Kier alpha value is -5.45. The van der Waals surface area contributed by atoms with E-state index in [9.17, 15) is 8.78 Å². The molecule has 56 heavy (non-hydrogen) atoms. The molecule has 288 valence electrons. The lowest BCUT2D eigenvalue weighted by molar-refractivity contribution is 0.627. The quantitative estimate of drug-likeness (QED) is 0.159. The van der Waals surface area contributed by atoms with Crippen LogP contribution < -0.4 is 0 Å². The number of pyridine rings is 1. The molecule has 0 fully saturated rings. The summed E-state index contributed by atoms with van der Waals surface area (Å²) in [7, 11) is 0. The van der Waals surface area contributed by atoms with Crippen LogP contribution in [0, 0.1) is 11.6 Å². The van der Waals surface area contributed by atoms with Crippen LogP contribution in [0.2, 0.25) is 0 Å². The SMILES string of the molecule is CC(c1ccc(-c2ccccc2)c(F)c1)c1cnc(-c2ccccn2)[nH]1.CC(c1ccc(-c2ccccc2)c(F)c1)c1cnc(-c2cnccn2)[nH]1.Cl.Cl.Cl.Cl. The summed E-state index contributed by atoms with van der Waals surface area (Å²) in [5, 5.41) is 0. The van der Waals surface area contributed by atoms with Crippen molar-refractivity contribution in [1.29, 1.82) is 0 Å². The number of halogens is 6. The second-order valence-corrected chi connectivity index (χ2v) is 12.3. The first kappa shape index (κ1) is 44.9. The minimum Gasteiger partial charge on any atom is -0.340 e. The van der Waals surface area contributed by atoms with E-state index in [1.807, 2.05) is 117 Å². The van der Waals surface area contributed by atoms with Gasteiger partial charge in [0, 0.05) is 65.3 Å². The van der Waals surface area contributed by atoms with Gasteiger partial charge in [-0.1, -0.05) is 105 Å². The molecule has 0 spiro atoms. The van der Waals surface area contributed by atoms with E-state index in [1.165, 1.54) is 0 Å². The number of hydrogen-bond donors (Lipinski definition) is 2. The maximum absolute atomic E-state index is 14.6. The van der Waals surface area contributed by atoms with Gasteiger partial charge in [0.1, 0.15) is 23.0 Å². The molecule has 8 aromatic rings. The number of aromatic amines is 2. The molecule has 8 rings (SSSR count). The molecule has 0 amide bonds. The van der Waals surface area contributed by atoms with E-state index in [2.05, 4.69) is 34.9 Å². The van der Waals surface area contributed by atoms with Gasteiger partial charge in [-0.2, -0.15) is 0 Å². The standard InChI is InChI=1S/C22H18FN3.C21H17FN4.4ClH/c1-15(21-14-25-22(26-21)20-9-5-6-12-24-20)17-10-11-18(19(23)13-17)16-7-3-2-4-8-16;1-14(19-13-25-21(26-19)20-12-23-9-10-24-20)16-7-8-17(18(22)11-16)15-5-3-2-4-6-15;;;;/h2-15H,1H3,(H,25,26);2-14H,1H3,(H,25,26);4*1H. The molecule has 0 aliphatic heterocycles. The Morgan fingerprint density at radius 2 is 0.929 bits per heavy atom. The molecule has 0 bridgehead atoms. The third-order valence-electron chi connectivity index (χ3n) is 8.99. The van der Waals surface area contributed by atoms with Crippen molar-refractivity contribution in [3.05, 3.63) is 187 Å². The van der Waals surface area contributed by atoms with Crippen LogP contribution >= 0.6 is 49.6 Å². The number of nitrogens with zero attached hydrogens (tertiary/aromatic N) is 5. The van der Waals surface area contributed by atoms with Gasteiger partial charge in [0.05, 0.1) is 6.20 Å². The first-order chi connectivity index (χ1) is 25.4. The first-order valence-corrected chi connectivity index (χ1v) is 16.9. The average molecular weight is 834 g/mol. The number of benzene rings is 4. The van der Waals surface area contributed by atoms with Crippen molar-refractivity contribution in [2.45, 2.75) is 25.7 Å². The van der Waals surface area contributed by atoms with Crippen LogP contribution in [0.3, 0.4) is 0 Å². The Morgan fingerprint density at radius 3 is 1.36 bits per heavy atom. The molecule has 2 unspecified atom stereocenters. The van der Waals surface area contributed by atoms with Gasteiger partial charge in [0.2, 0.25) is 0 Å². The third kappa shape index (κ3) is 10.4. The van der Waals surface area contributed by atoms with Gasteiger partial charge in [0.15, 0.2) is 11.6 Å². The summed E-state index contributed by atoms with van der Waals surface area (Å²) in [6, 6.07) is 35.6. The van der Waals surface area contributed by atoms with Crippen molar-refractivity contribution in [3.63, 3.8) is 0 Å². The minimum atomic E-state index is -0.228. The van der Waals surface area contributed by atoms with Crippen molar-refractivity contribution in [2.75, 3.05) is 0 Å². The van der Waals surface area contributed by atoms with Gasteiger partial charge in [-0.25, -0.2) is 23.7 Å². The number of imidazole rings is 2. The molecule has 4 aromatic carbocycles. The van der Waals surface area contributed by atoms with Gasteiger partial charge in [-0.05, 0) is 46.5 Å². The Morgan fingerprint density at radius 1 is 0.464 bits per heavy atom. The van der Waals surface area contributed by atoms with Gasteiger partial charge < -0.3 is 9.97 Å². The predicted molar refractivity (Wildman–Crippen MR) is 229 cm³/mol. The number of H-pyrrole nitrogens is 2. The summed E-state index contributed by atoms with van der Waals surface area (Å²) in [4.78, 5) is 27.9. The third-order valence-corrected chi connectivity index (χ3v) is 8.99. The van der Waals surface area contributed by atoms with Crippen LogP contribution in [0.15, 0.2) is 152 Å². The summed E-state index contributed by atoms with van der Waals surface area (Å²) in [6.07, 6.45) is 10.2. The summed E-state index contributed by atoms with van der Waals surface area (Å²) in [6.45, 7) is 4.05. The van der Waals surface area contributed by atoms with Gasteiger partial charge >= 0.3 is 0 Å². The van der Waals surface area contributed by atoms with E-state index in [-0.39, 0.29) is 73.1 Å². The Labute approximate surface area is 349 Å². The number of rotatable bonds is 8. The van der Waals surface area contributed by atoms with E-state index < -0.39 is 0 Å². The lowest BCUT2D eigenvalue weighted by atomic mass is 9.95. The highest BCUT2D eigenvalue weighted by Crippen LogP contribution is 2.31. The van der Waals surface area contributed by atoms with E-state index in [0.717, 1.165) is 39.3 Å². The zero-order valence-electron chi connectivity index (χ0n) is 30.2. The predicted octanol–water partition coefficient (Wildman–Crippen LogP) is 11.9. The molecule has 0 aliphatic rings. The number of hydrogen-bond acceptors (Lipinski definition) is 5. The smallest absolute Gasteiger partial charge is 0.157 e. The molecule has 0 aliphatic carbocycles. The number of aromatic nitrogens is 7. The Bertz CT molecular complexity index is 2210. The van der Waals surface area contributed by atoms with Crippen LogP contribution in [0.4, 0.5) is 8.78 Å². The van der Waals surface area contributed by atoms with E-state index in [1.54, 1.807) is 49.3 Å². The normalized spacial score (nSPS) is 11.2. The molecule has 0 radical (unpaired) electrons. The molecule has 13 heteroatoms. The lowest BCUT2D eigenvalue weighted by Gasteiger charge is -2.12. The fourth-order valence-corrected chi connectivity index (χ4v) is 5.96. The fourth-order valence-electron chi connectivity index (χ4n) is 5.96. The molecule has 2 N–H and O–H groups in total. The number of nitrogens with one attached hydrogen (secondary N) is 2. The summed E-state index contributed by atoms with van der Waals surface area (Å²) >= 11 is 0. The van der Waals surface area contributed by atoms with Crippen molar-refractivity contribution in [1.82, 2.24) is 34.9 Å². The topological polar surface area (TPSA) is 96.0 Å². The highest BCUT2D eigenvalue weighted by Gasteiger charge is 2.17. The second kappa shape index (κ2) is 21.0. The molecule has 7 nitrogen and oxygen atoms in total. The Kier molecular flexibility index (Phi) is 16.9. The van der Waals surface area contributed by atoms with Gasteiger partial charge in [-0.3, -0.25) is 9.97 Å². The summed E-state index contributed by atoms with van der Waals surface area (Å²) in [5.74, 6) is 0.904. The molecule has 2 atom stereocenters. The van der Waals surface area contributed by atoms with Crippen LogP contribution in [-0.2, 0) is 0 Å². The van der Waals surface area contributed by atoms with Crippen molar-refractivity contribution < 1.29 is 8.78 Å². The zero-order chi connectivity index (χ0) is 35.9. The van der Waals surface area contributed by atoms with Gasteiger partial charge in [0.25, 0.3) is 0 Å². The van der Waals surface area contributed by atoms with Crippen LogP contribution in [0.25, 0.3) is 45.3 Å². The largest absolute Gasteiger partial charge is 0.340 e. The summed E-state index contributed by atoms with van der Waals surface area (Å²) < 4.78 is 29.3. The molecule has 4 heterocycles. The van der Waals surface area contributed by atoms with Crippen LogP contribution in [0.1, 0.15) is 48.2 Å². The average Bonchev–Trinajstić information content (AvgIpc) is 3.91. The van der Waals surface area contributed by atoms with Crippen LogP contribution in [0.5, 0.6) is 0 Å². The maximum Gasteiger partial charge on any atom is 0.157 e. The highest BCUT2D eigenvalue weighted by molar-refractivity contribution is 5.86. The first-order valence-electron chi connectivity index (χ1n) is 16.9. The lowest BCUT2D eigenvalue weighted by Crippen LogP contribution is -1.98. The second-order valence-electron chi connectivity index (χ2n) is 12.3. The minimum absolute atomic E-state index is 0. The van der Waals surface area contributed by atoms with Crippen LogP contribution in [-0.4, -0.2) is 34.9 Å². The van der Waals surface area contributed by atoms with Crippen molar-refractivity contribution >= 4 is 49.6 Å². The molecule has 0 saturated heterocycles. The fraction of sp³-hybridized carbons (Fsp3) is 0.0930. The maximum atomic E-state index is 14.6. The van der Waals surface area contributed by atoms with E-state index in [0.29, 0.717) is 28.5 Å². The zero-order valence-corrected chi connectivity index (χ0v) is 33.5. The molecular formula is C43H39Cl4F2N7. The van der Waals surface area contributed by atoms with E-state index >= 15 is 0 Å². The highest BCUT2D eigenvalue weighted by atomic mass is 35.5. The van der Waals surface area contributed by atoms with Crippen molar-refractivity contribution in [3.8, 4) is 45.3 Å².